The van der Waals surface area contributed by atoms with Gasteiger partial charge in [0.2, 0.25) is 5.91 Å². The molecule has 3 aromatic carbocycles. The number of ether oxygens (including phenoxy) is 1. The van der Waals surface area contributed by atoms with E-state index in [1.807, 2.05) is 53.4 Å². The molecular weight excluding hydrogens is 550 g/mol. The van der Waals surface area contributed by atoms with Gasteiger partial charge in [-0.2, -0.15) is 0 Å². The second-order valence-electron chi connectivity index (χ2n) is 8.94. The van der Waals surface area contributed by atoms with Crippen LogP contribution in [0, 0.1) is 0 Å². The fourth-order valence-electron chi connectivity index (χ4n) is 3.97. The van der Waals surface area contributed by atoms with Crippen molar-refractivity contribution in [3.8, 4) is 5.75 Å². The highest BCUT2D eigenvalue weighted by Crippen LogP contribution is 2.31. The van der Waals surface area contributed by atoms with Crippen LogP contribution in [0.15, 0.2) is 77.3 Å². The van der Waals surface area contributed by atoms with Gasteiger partial charge in [-0.15, -0.1) is 0 Å². The molecule has 38 heavy (non-hydrogen) atoms. The molecule has 3 amide bonds. The number of urea groups is 1. The number of nitrogens with one attached hydrogen (secondary N) is 2. The van der Waals surface area contributed by atoms with Crippen molar-refractivity contribution in [3.05, 3.63) is 94.0 Å². The van der Waals surface area contributed by atoms with Crippen molar-refractivity contribution < 1.29 is 24.2 Å². The lowest BCUT2D eigenvalue weighted by Crippen LogP contribution is -2.33. The van der Waals surface area contributed by atoms with Crippen LogP contribution in [0.25, 0.3) is 6.08 Å². The predicted octanol–water partition coefficient (Wildman–Crippen LogP) is 5.93. The Morgan fingerprint density at radius 3 is 2.34 bits per heavy atom. The number of anilines is 2. The topological polar surface area (TPSA) is 108 Å². The van der Waals surface area contributed by atoms with Crippen LogP contribution >= 0.6 is 15.9 Å². The first-order valence-electron chi connectivity index (χ1n) is 12.1. The average Bonchev–Trinajstić information content (AvgIpc) is 3.74. The van der Waals surface area contributed by atoms with Gasteiger partial charge in [-0.1, -0.05) is 42.5 Å². The van der Waals surface area contributed by atoms with Crippen molar-refractivity contribution in [2.24, 2.45) is 0 Å². The highest BCUT2D eigenvalue weighted by atomic mass is 79.9. The summed E-state index contributed by atoms with van der Waals surface area (Å²) in [6.07, 6.45) is 4.79. The molecule has 0 spiro atoms. The lowest BCUT2D eigenvalue weighted by Gasteiger charge is -2.23. The predicted molar refractivity (Wildman–Crippen MR) is 150 cm³/mol. The fourth-order valence-corrected chi connectivity index (χ4v) is 4.35. The van der Waals surface area contributed by atoms with Crippen LogP contribution in [-0.2, 0) is 22.6 Å². The van der Waals surface area contributed by atoms with E-state index in [-0.39, 0.29) is 18.4 Å². The van der Waals surface area contributed by atoms with Gasteiger partial charge in [-0.25, -0.2) is 9.59 Å². The van der Waals surface area contributed by atoms with E-state index in [2.05, 4.69) is 26.6 Å². The Bertz CT molecular complexity index is 1350. The number of carbonyl (C=O) groups excluding carboxylic acids is 2. The molecule has 8 nitrogen and oxygen atoms in total. The quantitative estimate of drug-likeness (QED) is 0.259. The smallest absolute Gasteiger partial charge is 0.328 e. The number of nitrogens with zero attached hydrogens (tertiary/aromatic N) is 1. The van der Waals surface area contributed by atoms with Crippen LogP contribution in [-0.4, -0.2) is 41.1 Å². The van der Waals surface area contributed by atoms with Crippen LogP contribution in [0.4, 0.5) is 16.2 Å². The van der Waals surface area contributed by atoms with Gasteiger partial charge in [-0.3, -0.25) is 4.79 Å². The number of hydrogen-bond acceptors (Lipinski definition) is 4. The van der Waals surface area contributed by atoms with Gasteiger partial charge >= 0.3 is 12.0 Å². The Kier molecular flexibility index (Phi) is 8.81. The number of halogens is 1. The summed E-state index contributed by atoms with van der Waals surface area (Å²) in [4.78, 5) is 38.4. The molecule has 196 valence electrons. The van der Waals surface area contributed by atoms with Crippen molar-refractivity contribution in [2.45, 2.75) is 31.8 Å². The van der Waals surface area contributed by atoms with Crippen molar-refractivity contribution in [1.29, 1.82) is 0 Å². The molecule has 0 aromatic heterocycles. The first-order chi connectivity index (χ1) is 18.3. The number of methoxy groups -OCH3 is 1. The summed E-state index contributed by atoms with van der Waals surface area (Å²) in [6.45, 7) is 0.485. The monoisotopic (exact) mass is 577 g/mol. The molecule has 0 saturated heterocycles. The minimum atomic E-state index is -0.997. The van der Waals surface area contributed by atoms with Crippen LogP contribution in [0.5, 0.6) is 5.75 Å². The Hall–Kier alpha value is -4.11. The number of carboxylic acid groups (broad SMARTS) is 1. The SMILES string of the molecule is COc1cc(CC(=O)N(Cc2ccc(/C=C/C(=O)O)cc2)C2CC2)ccc1NC(=O)Nc1ccccc1Br. The normalized spacial score (nSPS) is 12.7. The lowest BCUT2D eigenvalue weighted by molar-refractivity contribution is -0.132. The average molecular weight is 578 g/mol. The molecule has 3 N–H and O–H groups in total. The second-order valence-corrected chi connectivity index (χ2v) is 9.79. The van der Waals surface area contributed by atoms with Crippen molar-refractivity contribution in [3.63, 3.8) is 0 Å². The number of benzene rings is 3. The maximum Gasteiger partial charge on any atom is 0.328 e. The number of para-hydroxylation sites is 1. The van der Waals surface area contributed by atoms with Gasteiger partial charge in [0.25, 0.3) is 0 Å². The van der Waals surface area contributed by atoms with Gasteiger partial charge in [0.05, 0.1) is 24.9 Å². The molecule has 0 radical (unpaired) electrons. The van der Waals surface area contributed by atoms with E-state index in [4.69, 9.17) is 9.84 Å². The highest BCUT2D eigenvalue weighted by molar-refractivity contribution is 9.10. The number of rotatable bonds is 10. The standard InChI is InChI=1S/C29H28BrN3O5/c1-38-26-16-21(10-14-25(26)32-29(37)31-24-5-3-2-4-23(24)30)17-27(34)33(22-12-13-22)18-20-8-6-19(7-9-20)11-15-28(35)36/h2-11,14-16,22H,12-13,17-18H2,1H3,(H,35,36)(H2,31,32,37)/b15-11+. The molecule has 4 rings (SSSR count). The van der Waals surface area contributed by atoms with Crippen molar-refractivity contribution in [1.82, 2.24) is 4.90 Å². The summed E-state index contributed by atoms with van der Waals surface area (Å²) in [5.74, 6) is -0.527. The third kappa shape index (κ3) is 7.45. The van der Waals surface area contributed by atoms with E-state index in [9.17, 15) is 14.4 Å². The molecular formula is C29H28BrN3O5. The second kappa shape index (κ2) is 12.4. The molecule has 9 heteroatoms. The van der Waals surface area contributed by atoms with E-state index in [1.54, 1.807) is 18.2 Å². The fraction of sp³-hybridized carbons (Fsp3) is 0.207. The Morgan fingerprint density at radius 1 is 1.00 bits per heavy atom. The molecule has 3 aromatic rings. The van der Waals surface area contributed by atoms with Gasteiger partial charge in [0.15, 0.2) is 0 Å². The Labute approximate surface area is 229 Å². The molecule has 1 saturated carbocycles. The van der Waals surface area contributed by atoms with Crippen molar-refractivity contribution >= 4 is 51.3 Å². The zero-order chi connectivity index (χ0) is 27.1. The molecule has 0 heterocycles. The molecule has 0 atom stereocenters. The Morgan fingerprint density at radius 2 is 1.68 bits per heavy atom. The minimum absolute atomic E-state index is 0.0109. The highest BCUT2D eigenvalue weighted by Gasteiger charge is 2.32. The van der Waals surface area contributed by atoms with Crippen LogP contribution in [0.1, 0.15) is 29.5 Å². The summed E-state index contributed by atoms with van der Waals surface area (Å²) in [5, 5.41) is 14.4. The maximum absolute atomic E-state index is 13.3. The van der Waals surface area contributed by atoms with Gasteiger partial charge in [-0.05, 0) is 75.8 Å². The zero-order valence-corrected chi connectivity index (χ0v) is 22.4. The van der Waals surface area contributed by atoms with Crippen LogP contribution < -0.4 is 15.4 Å². The van der Waals surface area contributed by atoms with E-state index in [0.29, 0.717) is 23.7 Å². The zero-order valence-electron chi connectivity index (χ0n) is 20.8. The summed E-state index contributed by atoms with van der Waals surface area (Å²) in [5.41, 5.74) is 3.67. The third-order valence-corrected chi connectivity index (χ3v) is 6.74. The molecule has 0 aliphatic heterocycles. The third-order valence-electron chi connectivity index (χ3n) is 6.05. The first kappa shape index (κ1) is 26.9. The Balaban J connectivity index is 1.40. The van der Waals surface area contributed by atoms with E-state index < -0.39 is 12.0 Å². The summed E-state index contributed by atoms with van der Waals surface area (Å²) < 4.78 is 6.25. The summed E-state index contributed by atoms with van der Waals surface area (Å²) in [7, 11) is 1.52. The largest absolute Gasteiger partial charge is 0.495 e. The summed E-state index contributed by atoms with van der Waals surface area (Å²) in [6, 6.07) is 19.9. The van der Waals surface area contributed by atoms with Gasteiger partial charge in [0, 0.05) is 23.1 Å². The number of aliphatic carboxylic acids is 1. The number of hydrogen-bond donors (Lipinski definition) is 3. The number of carboxylic acids is 1. The van der Waals surface area contributed by atoms with Crippen LogP contribution in [0.3, 0.4) is 0 Å². The molecule has 1 aliphatic carbocycles. The molecule has 0 unspecified atom stereocenters. The minimum Gasteiger partial charge on any atom is -0.495 e. The van der Waals surface area contributed by atoms with Gasteiger partial charge < -0.3 is 25.4 Å². The van der Waals surface area contributed by atoms with E-state index in [0.717, 1.165) is 40.1 Å². The molecule has 1 aliphatic rings. The number of carbonyl (C=O) groups is 3. The molecule has 0 bridgehead atoms. The first-order valence-corrected chi connectivity index (χ1v) is 12.9. The number of amides is 3. The van der Waals surface area contributed by atoms with Gasteiger partial charge in [0.1, 0.15) is 5.75 Å². The van der Waals surface area contributed by atoms with E-state index in [1.165, 1.54) is 13.2 Å². The van der Waals surface area contributed by atoms with Crippen molar-refractivity contribution in [2.75, 3.05) is 17.7 Å². The molecule has 1 fully saturated rings. The maximum atomic E-state index is 13.3. The van der Waals surface area contributed by atoms with Crippen LogP contribution in [0.2, 0.25) is 0 Å². The summed E-state index contributed by atoms with van der Waals surface area (Å²) >= 11 is 3.41. The lowest BCUT2D eigenvalue weighted by atomic mass is 10.1. The van der Waals surface area contributed by atoms with E-state index >= 15 is 0 Å².